The van der Waals surface area contributed by atoms with Crippen LogP contribution in [0.1, 0.15) is 16.9 Å². The maximum absolute atomic E-state index is 13.3. The van der Waals surface area contributed by atoms with E-state index in [1.54, 1.807) is 29.2 Å². The lowest BCUT2D eigenvalue weighted by molar-refractivity contribution is -0.139. The van der Waals surface area contributed by atoms with Crippen LogP contribution in [0.3, 0.4) is 0 Å². The van der Waals surface area contributed by atoms with Crippen molar-refractivity contribution in [1.82, 2.24) is 15.1 Å². The molecule has 30 heavy (non-hydrogen) atoms. The lowest BCUT2D eigenvalue weighted by Gasteiger charge is -2.33. The molecule has 3 heterocycles. The normalized spacial score (nSPS) is 20.0. The largest absolute Gasteiger partial charge is 0.493 e. The second kappa shape index (κ2) is 8.23. The Labute approximate surface area is 186 Å². The summed E-state index contributed by atoms with van der Waals surface area (Å²) in [6, 6.07) is 10.4. The second-order valence-electron chi connectivity index (χ2n) is 7.09. The molecule has 0 aliphatic carbocycles. The Hall–Kier alpha value is -2.65. The summed E-state index contributed by atoms with van der Waals surface area (Å²) in [6.07, 6.45) is 1.95. The summed E-state index contributed by atoms with van der Waals surface area (Å²) in [5.41, 5.74) is -0.565. The third-order valence-corrected chi connectivity index (χ3v) is 6.84. The van der Waals surface area contributed by atoms with E-state index in [2.05, 4.69) is 27.8 Å². The van der Waals surface area contributed by atoms with Crippen LogP contribution in [0.25, 0.3) is 0 Å². The number of nitrogens with zero attached hydrogens (tertiary/aromatic N) is 2. The number of nitrogens with one attached hydrogen (secondary N) is 1. The summed E-state index contributed by atoms with van der Waals surface area (Å²) >= 11 is 4.95. The number of urea groups is 1. The van der Waals surface area contributed by atoms with E-state index in [9.17, 15) is 14.4 Å². The van der Waals surface area contributed by atoms with Gasteiger partial charge < -0.3 is 15.0 Å². The highest BCUT2D eigenvalue weighted by Crippen LogP contribution is 2.40. The Kier molecular flexibility index (Phi) is 5.66. The van der Waals surface area contributed by atoms with Crippen LogP contribution in [0.15, 0.2) is 52.8 Å². The van der Waals surface area contributed by atoms with E-state index >= 15 is 0 Å². The van der Waals surface area contributed by atoms with E-state index in [1.807, 2.05) is 18.2 Å². The molecule has 2 aromatic rings. The van der Waals surface area contributed by atoms with Gasteiger partial charge in [0, 0.05) is 23.4 Å². The van der Waals surface area contributed by atoms with E-state index < -0.39 is 17.5 Å². The summed E-state index contributed by atoms with van der Waals surface area (Å²) in [5, 5.41) is 2.82. The quantitative estimate of drug-likeness (QED) is 0.498. The molecule has 0 bridgehead atoms. The van der Waals surface area contributed by atoms with E-state index in [-0.39, 0.29) is 12.5 Å². The van der Waals surface area contributed by atoms with Gasteiger partial charge in [-0.25, -0.2) is 4.79 Å². The number of halogens is 1. The molecule has 1 aromatic carbocycles. The van der Waals surface area contributed by atoms with Crippen LogP contribution in [0.5, 0.6) is 5.75 Å². The maximum Gasteiger partial charge on any atom is 0.325 e. The van der Waals surface area contributed by atoms with Gasteiger partial charge in [-0.05, 0) is 34.1 Å². The molecular weight excluding hydrogens is 470 g/mol. The smallest absolute Gasteiger partial charge is 0.325 e. The first kappa shape index (κ1) is 20.6. The van der Waals surface area contributed by atoms with E-state index in [4.69, 9.17) is 4.74 Å². The monoisotopic (exact) mass is 489 g/mol. The van der Waals surface area contributed by atoms with Crippen LogP contribution in [0, 0.1) is 0 Å². The molecule has 0 unspecified atom stereocenters. The van der Waals surface area contributed by atoms with Crippen molar-refractivity contribution in [2.75, 3.05) is 19.7 Å². The first-order valence-electron chi connectivity index (χ1n) is 9.44. The summed E-state index contributed by atoms with van der Waals surface area (Å²) in [5.74, 6) is -0.170. The number of carbonyl (C=O) groups excluding carboxylic acids is 3. The average Bonchev–Trinajstić information content (AvgIpc) is 3.24. The zero-order valence-corrected chi connectivity index (χ0v) is 18.5. The molecule has 1 atom stereocenters. The van der Waals surface area contributed by atoms with Crippen molar-refractivity contribution in [2.45, 2.75) is 18.5 Å². The SMILES string of the molecule is C=CCN(Cc1ccc(Br)s1)C(=O)CN1C(=O)N[C@]2(CCOc3ccccc32)C1=O. The zero-order chi connectivity index (χ0) is 21.3. The van der Waals surface area contributed by atoms with Gasteiger partial charge >= 0.3 is 6.03 Å². The van der Waals surface area contributed by atoms with Crippen LogP contribution in [-0.2, 0) is 21.7 Å². The van der Waals surface area contributed by atoms with Crippen molar-refractivity contribution >= 4 is 45.1 Å². The Balaban J connectivity index is 1.54. The highest BCUT2D eigenvalue weighted by atomic mass is 79.9. The topological polar surface area (TPSA) is 79.0 Å². The molecule has 0 saturated carbocycles. The lowest BCUT2D eigenvalue weighted by Crippen LogP contribution is -2.48. The first-order valence-corrected chi connectivity index (χ1v) is 11.0. The van der Waals surface area contributed by atoms with Gasteiger partial charge in [-0.15, -0.1) is 17.9 Å². The molecule has 9 heteroatoms. The zero-order valence-electron chi connectivity index (χ0n) is 16.1. The molecule has 1 aromatic heterocycles. The third kappa shape index (κ3) is 3.63. The summed E-state index contributed by atoms with van der Waals surface area (Å²) in [7, 11) is 0. The molecule has 1 fully saturated rings. The summed E-state index contributed by atoms with van der Waals surface area (Å²) < 4.78 is 6.61. The predicted octanol–water partition coefficient (Wildman–Crippen LogP) is 3.26. The number of benzene rings is 1. The average molecular weight is 490 g/mol. The maximum atomic E-state index is 13.3. The highest BCUT2D eigenvalue weighted by molar-refractivity contribution is 9.11. The Morgan fingerprint density at radius 2 is 2.13 bits per heavy atom. The molecule has 4 rings (SSSR count). The van der Waals surface area contributed by atoms with Crippen LogP contribution >= 0.6 is 27.3 Å². The minimum atomic E-state index is -1.19. The molecule has 7 nitrogen and oxygen atoms in total. The van der Waals surface area contributed by atoms with Crippen molar-refractivity contribution < 1.29 is 19.1 Å². The fourth-order valence-electron chi connectivity index (χ4n) is 3.79. The standard InChI is InChI=1S/C21H20BrN3O4S/c1-2-10-24(12-14-7-8-17(22)30-14)18(26)13-25-19(27)21(23-20(25)28)9-11-29-16-6-4-3-5-15(16)21/h2-8H,1,9-13H2,(H,23,28)/t21-/m0/s1. The van der Waals surface area contributed by atoms with Crippen molar-refractivity contribution in [3.8, 4) is 5.75 Å². The minimum Gasteiger partial charge on any atom is -0.493 e. The molecule has 0 radical (unpaired) electrons. The number of hydrogen-bond donors (Lipinski definition) is 1. The van der Waals surface area contributed by atoms with Crippen molar-refractivity contribution in [2.24, 2.45) is 0 Å². The lowest BCUT2D eigenvalue weighted by atomic mass is 9.84. The van der Waals surface area contributed by atoms with Crippen molar-refractivity contribution in [3.05, 3.63) is 63.3 Å². The van der Waals surface area contributed by atoms with Crippen LogP contribution < -0.4 is 10.1 Å². The summed E-state index contributed by atoms with van der Waals surface area (Å²) in [6.45, 7) is 4.39. The number of imide groups is 1. The molecule has 4 amide bonds. The van der Waals surface area contributed by atoms with Gasteiger partial charge in [0.05, 0.1) is 16.9 Å². The number of amides is 4. The predicted molar refractivity (Wildman–Crippen MR) is 116 cm³/mol. The molecular formula is C21H20BrN3O4S. The van der Waals surface area contributed by atoms with Gasteiger partial charge in [-0.1, -0.05) is 24.3 Å². The van der Waals surface area contributed by atoms with Gasteiger partial charge in [-0.2, -0.15) is 0 Å². The second-order valence-corrected chi connectivity index (χ2v) is 9.64. The molecule has 1 spiro atoms. The Bertz CT molecular complexity index is 1020. The minimum absolute atomic E-state index is 0.306. The van der Waals surface area contributed by atoms with Gasteiger partial charge in [0.15, 0.2) is 5.54 Å². The number of hydrogen-bond acceptors (Lipinski definition) is 5. The number of rotatable bonds is 6. The van der Waals surface area contributed by atoms with Gasteiger partial charge in [-0.3, -0.25) is 14.5 Å². The molecule has 156 valence electrons. The first-order chi connectivity index (χ1) is 14.4. The molecule has 1 N–H and O–H groups in total. The fraction of sp³-hybridized carbons (Fsp3) is 0.286. The number of ether oxygens (including phenoxy) is 1. The molecule has 2 aliphatic heterocycles. The molecule has 2 aliphatic rings. The van der Waals surface area contributed by atoms with Crippen molar-refractivity contribution in [1.29, 1.82) is 0 Å². The third-order valence-electron chi connectivity index (χ3n) is 5.23. The van der Waals surface area contributed by atoms with Gasteiger partial charge in [0.25, 0.3) is 5.91 Å². The van der Waals surface area contributed by atoms with Crippen LogP contribution in [0.2, 0.25) is 0 Å². The van der Waals surface area contributed by atoms with Gasteiger partial charge in [0.1, 0.15) is 12.3 Å². The Morgan fingerprint density at radius 3 is 2.87 bits per heavy atom. The van der Waals surface area contributed by atoms with E-state index in [0.29, 0.717) is 37.4 Å². The van der Waals surface area contributed by atoms with Crippen LogP contribution in [0.4, 0.5) is 4.79 Å². The number of fused-ring (bicyclic) bond motifs is 2. The highest BCUT2D eigenvalue weighted by Gasteiger charge is 2.55. The summed E-state index contributed by atoms with van der Waals surface area (Å²) in [4.78, 5) is 42.6. The molecule has 1 saturated heterocycles. The van der Waals surface area contributed by atoms with Gasteiger partial charge in [0.2, 0.25) is 5.91 Å². The number of carbonyl (C=O) groups is 3. The van der Waals surface area contributed by atoms with E-state index in [1.165, 1.54) is 11.3 Å². The Morgan fingerprint density at radius 1 is 1.33 bits per heavy atom. The number of thiophene rings is 1. The number of para-hydroxylation sites is 1. The van der Waals surface area contributed by atoms with Crippen LogP contribution in [-0.4, -0.2) is 47.3 Å². The van der Waals surface area contributed by atoms with E-state index in [0.717, 1.165) is 13.6 Å². The fourth-order valence-corrected chi connectivity index (χ4v) is 5.28. The van der Waals surface area contributed by atoms with Crippen molar-refractivity contribution in [3.63, 3.8) is 0 Å².